The van der Waals surface area contributed by atoms with E-state index in [-0.39, 0.29) is 11.6 Å². The van der Waals surface area contributed by atoms with Crippen molar-refractivity contribution in [2.75, 3.05) is 6.61 Å². The zero-order valence-electron chi connectivity index (χ0n) is 8.56. The van der Waals surface area contributed by atoms with Gasteiger partial charge in [-0.3, -0.25) is 4.79 Å². The van der Waals surface area contributed by atoms with Crippen LogP contribution in [0.15, 0.2) is 12.1 Å². The number of hydrogen-bond acceptors (Lipinski definition) is 2. The number of carbonyl (C=O) groups excluding carboxylic acids is 1. The van der Waals surface area contributed by atoms with Gasteiger partial charge in [-0.05, 0) is 32.9 Å². The molecule has 3 heteroatoms. The van der Waals surface area contributed by atoms with Crippen molar-refractivity contribution in [1.82, 2.24) is 0 Å². The lowest BCUT2D eigenvalue weighted by Gasteiger charge is -2.11. The second kappa shape index (κ2) is 4.22. The molecule has 0 heterocycles. The Morgan fingerprint density at radius 3 is 2.64 bits per heavy atom. The Kier molecular flexibility index (Phi) is 3.23. The molecule has 0 aliphatic carbocycles. The van der Waals surface area contributed by atoms with Crippen LogP contribution in [0.5, 0.6) is 5.75 Å². The van der Waals surface area contributed by atoms with E-state index in [1.165, 1.54) is 19.1 Å². The smallest absolute Gasteiger partial charge is 0.163 e. The van der Waals surface area contributed by atoms with E-state index in [9.17, 15) is 9.18 Å². The third-order valence-corrected chi connectivity index (χ3v) is 2.01. The molecule has 2 nitrogen and oxygen atoms in total. The monoisotopic (exact) mass is 196 g/mol. The maximum atomic E-state index is 13.2. The number of halogens is 1. The summed E-state index contributed by atoms with van der Waals surface area (Å²) in [5, 5.41) is 0. The molecule has 0 N–H and O–H groups in total. The van der Waals surface area contributed by atoms with Crippen molar-refractivity contribution >= 4 is 5.78 Å². The molecule has 0 unspecified atom stereocenters. The number of Topliss-reactive ketones (excluding diaryl/α,β-unsaturated/α-hetero) is 1. The van der Waals surface area contributed by atoms with Gasteiger partial charge in [-0.15, -0.1) is 0 Å². The lowest BCUT2D eigenvalue weighted by atomic mass is 10.1. The molecule has 0 radical (unpaired) electrons. The first kappa shape index (κ1) is 10.7. The molecule has 0 saturated heterocycles. The first-order chi connectivity index (χ1) is 6.57. The van der Waals surface area contributed by atoms with Gasteiger partial charge in [-0.25, -0.2) is 4.39 Å². The zero-order chi connectivity index (χ0) is 10.7. The fraction of sp³-hybridized carbons (Fsp3) is 0.364. The molecule has 1 rings (SSSR count). The molecule has 1 aromatic carbocycles. The minimum absolute atomic E-state index is 0.114. The van der Waals surface area contributed by atoms with E-state index >= 15 is 0 Å². The summed E-state index contributed by atoms with van der Waals surface area (Å²) in [4.78, 5) is 11.2. The summed E-state index contributed by atoms with van der Waals surface area (Å²) in [6.45, 7) is 5.26. The highest BCUT2D eigenvalue weighted by Gasteiger charge is 2.13. The molecule has 1 aromatic rings. The molecule has 14 heavy (non-hydrogen) atoms. The Morgan fingerprint density at radius 2 is 2.14 bits per heavy atom. The van der Waals surface area contributed by atoms with Gasteiger partial charge in [-0.1, -0.05) is 0 Å². The molecule has 0 atom stereocenters. The highest BCUT2D eigenvalue weighted by atomic mass is 19.1. The summed E-state index contributed by atoms with van der Waals surface area (Å²) in [7, 11) is 0. The van der Waals surface area contributed by atoms with Crippen LogP contribution in [-0.4, -0.2) is 12.4 Å². The topological polar surface area (TPSA) is 26.3 Å². The van der Waals surface area contributed by atoms with Gasteiger partial charge in [0.15, 0.2) is 5.78 Å². The molecule has 0 saturated carbocycles. The molecule has 76 valence electrons. The van der Waals surface area contributed by atoms with E-state index in [1.54, 1.807) is 13.8 Å². The Bertz CT molecular complexity index is 359. The van der Waals surface area contributed by atoms with Gasteiger partial charge in [0.2, 0.25) is 0 Å². The van der Waals surface area contributed by atoms with Crippen LogP contribution in [0.1, 0.15) is 29.8 Å². The second-order valence-corrected chi connectivity index (χ2v) is 3.04. The van der Waals surface area contributed by atoms with E-state index in [0.717, 1.165) is 0 Å². The highest BCUT2D eigenvalue weighted by Crippen LogP contribution is 2.26. The molecular formula is C11H13FO2. The van der Waals surface area contributed by atoms with Gasteiger partial charge in [-0.2, -0.15) is 0 Å². The van der Waals surface area contributed by atoms with Crippen LogP contribution < -0.4 is 4.74 Å². The number of ketones is 1. The van der Waals surface area contributed by atoms with Gasteiger partial charge in [0, 0.05) is 5.56 Å². The van der Waals surface area contributed by atoms with Crippen LogP contribution in [0.2, 0.25) is 0 Å². The predicted octanol–water partition coefficient (Wildman–Crippen LogP) is 2.74. The summed E-state index contributed by atoms with van der Waals surface area (Å²) < 4.78 is 18.4. The van der Waals surface area contributed by atoms with Crippen LogP contribution in [-0.2, 0) is 0 Å². The van der Waals surface area contributed by atoms with Crippen molar-refractivity contribution in [3.8, 4) is 5.75 Å². The van der Waals surface area contributed by atoms with Gasteiger partial charge in [0.05, 0.1) is 12.2 Å². The molecule has 0 aliphatic rings. The van der Waals surface area contributed by atoms with Crippen LogP contribution >= 0.6 is 0 Å². The van der Waals surface area contributed by atoms with Crippen molar-refractivity contribution in [2.24, 2.45) is 0 Å². The molecule has 0 aliphatic heterocycles. The predicted molar refractivity (Wildman–Crippen MR) is 52.3 cm³/mol. The van der Waals surface area contributed by atoms with Crippen molar-refractivity contribution in [3.05, 3.63) is 29.1 Å². The Morgan fingerprint density at radius 1 is 1.50 bits per heavy atom. The summed E-state index contributed by atoms with van der Waals surface area (Å²) in [6, 6.07) is 2.74. The average molecular weight is 196 g/mol. The number of hydrogen-bond donors (Lipinski definition) is 0. The molecule has 0 aromatic heterocycles. The zero-order valence-corrected chi connectivity index (χ0v) is 8.56. The SMILES string of the molecule is CCOc1c(C(C)=O)ccc(F)c1C. The van der Waals surface area contributed by atoms with Crippen LogP contribution in [0.3, 0.4) is 0 Å². The van der Waals surface area contributed by atoms with E-state index in [0.29, 0.717) is 23.5 Å². The summed E-state index contributed by atoms with van der Waals surface area (Å²) in [5.41, 5.74) is 0.824. The molecule has 0 amide bonds. The minimum Gasteiger partial charge on any atom is -0.493 e. The normalized spacial score (nSPS) is 10.0. The minimum atomic E-state index is -0.349. The number of rotatable bonds is 3. The lowest BCUT2D eigenvalue weighted by molar-refractivity contribution is 0.101. The van der Waals surface area contributed by atoms with Crippen molar-refractivity contribution in [3.63, 3.8) is 0 Å². The van der Waals surface area contributed by atoms with Crippen LogP contribution in [0.4, 0.5) is 4.39 Å². The Hall–Kier alpha value is -1.38. The van der Waals surface area contributed by atoms with E-state index in [1.807, 2.05) is 0 Å². The van der Waals surface area contributed by atoms with Gasteiger partial charge in [0.1, 0.15) is 11.6 Å². The van der Waals surface area contributed by atoms with Crippen LogP contribution in [0.25, 0.3) is 0 Å². The van der Waals surface area contributed by atoms with Crippen molar-refractivity contribution in [1.29, 1.82) is 0 Å². The maximum absolute atomic E-state index is 13.2. The first-order valence-electron chi connectivity index (χ1n) is 4.50. The van der Waals surface area contributed by atoms with Gasteiger partial charge < -0.3 is 4.74 Å². The second-order valence-electron chi connectivity index (χ2n) is 3.04. The van der Waals surface area contributed by atoms with Crippen LogP contribution in [0, 0.1) is 12.7 Å². The third kappa shape index (κ3) is 1.92. The fourth-order valence-corrected chi connectivity index (χ4v) is 1.28. The Labute approximate surface area is 82.7 Å². The summed E-state index contributed by atoms with van der Waals surface area (Å²) in [6.07, 6.45) is 0. The molecular weight excluding hydrogens is 183 g/mol. The van der Waals surface area contributed by atoms with Gasteiger partial charge >= 0.3 is 0 Å². The summed E-state index contributed by atoms with van der Waals surface area (Å²) in [5.74, 6) is -0.102. The number of benzene rings is 1. The average Bonchev–Trinajstić information content (AvgIpc) is 2.13. The molecule has 0 fully saturated rings. The van der Waals surface area contributed by atoms with E-state index in [2.05, 4.69) is 0 Å². The number of carbonyl (C=O) groups is 1. The Balaban J connectivity index is 3.29. The standard InChI is InChI=1S/C11H13FO2/c1-4-14-11-7(2)10(12)6-5-9(11)8(3)13/h5-6H,4H2,1-3H3. The number of ether oxygens (including phenoxy) is 1. The maximum Gasteiger partial charge on any atom is 0.163 e. The summed E-state index contributed by atoms with van der Waals surface area (Å²) >= 11 is 0. The largest absolute Gasteiger partial charge is 0.493 e. The van der Waals surface area contributed by atoms with E-state index < -0.39 is 0 Å². The quantitative estimate of drug-likeness (QED) is 0.695. The molecule has 0 spiro atoms. The van der Waals surface area contributed by atoms with E-state index in [4.69, 9.17) is 4.74 Å². The molecule has 0 bridgehead atoms. The first-order valence-corrected chi connectivity index (χ1v) is 4.50. The lowest BCUT2D eigenvalue weighted by Crippen LogP contribution is -2.03. The highest BCUT2D eigenvalue weighted by molar-refractivity contribution is 5.97. The van der Waals surface area contributed by atoms with Gasteiger partial charge in [0.25, 0.3) is 0 Å². The fourth-order valence-electron chi connectivity index (χ4n) is 1.28. The third-order valence-electron chi connectivity index (χ3n) is 2.01. The van der Waals surface area contributed by atoms with Crippen molar-refractivity contribution in [2.45, 2.75) is 20.8 Å². The van der Waals surface area contributed by atoms with Crippen molar-refractivity contribution < 1.29 is 13.9 Å².